The highest BCUT2D eigenvalue weighted by Crippen LogP contribution is 2.21. The Balaban J connectivity index is 2.15. The number of anilines is 1. The van der Waals surface area contributed by atoms with Crippen molar-refractivity contribution in [3.63, 3.8) is 0 Å². The van der Waals surface area contributed by atoms with E-state index < -0.39 is 0 Å². The Morgan fingerprint density at radius 1 is 1.24 bits per heavy atom. The van der Waals surface area contributed by atoms with Crippen LogP contribution in [-0.4, -0.2) is 19.6 Å². The van der Waals surface area contributed by atoms with Crippen molar-refractivity contribution in [3.05, 3.63) is 27.8 Å². The lowest BCUT2D eigenvalue weighted by atomic mass is 10.3. The van der Waals surface area contributed by atoms with E-state index in [1.807, 2.05) is 38.8 Å². The SMILES string of the molecule is Cc1nn(C)cc1NCc1c(Br)c(C)nn1C. The predicted octanol–water partition coefficient (Wildman–Crippen LogP) is 2.15. The molecule has 1 N–H and O–H groups in total. The van der Waals surface area contributed by atoms with Crippen LogP contribution in [0.15, 0.2) is 10.7 Å². The molecule has 2 aromatic heterocycles. The van der Waals surface area contributed by atoms with Crippen LogP contribution in [0.4, 0.5) is 5.69 Å². The number of nitrogens with one attached hydrogen (secondary N) is 1. The van der Waals surface area contributed by atoms with Gasteiger partial charge in [0.25, 0.3) is 0 Å². The lowest BCUT2D eigenvalue weighted by molar-refractivity contribution is 0.712. The Kier molecular flexibility index (Phi) is 3.24. The van der Waals surface area contributed by atoms with Crippen molar-refractivity contribution in [2.45, 2.75) is 20.4 Å². The van der Waals surface area contributed by atoms with Crippen molar-refractivity contribution in [1.29, 1.82) is 0 Å². The molecule has 0 spiro atoms. The number of nitrogens with zero attached hydrogens (tertiary/aromatic N) is 4. The molecule has 0 unspecified atom stereocenters. The van der Waals surface area contributed by atoms with Gasteiger partial charge in [0.2, 0.25) is 0 Å². The van der Waals surface area contributed by atoms with Gasteiger partial charge in [-0.05, 0) is 29.8 Å². The molecule has 0 radical (unpaired) electrons. The molecule has 0 saturated heterocycles. The molecule has 2 rings (SSSR count). The molecule has 5 nitrogen and oxygen atoms in total. The fourth-order valence-electron chi connectivity index (χ4n) is 1.82. The van der Waals surface area contributed by atoms with Crippen molar-refractivity contribution >= 4 is 21.6 Å². The summed E-state index contributed by atoms with van der Waals surface area (Å²) in [6.45, 7) is 4.71. The Morgan fingerprint density at radius 3 is 2.41 bits per heavy atom. The van der Waals surface area contributed by atoms with E-state index in [-0.39, 0.29) is 0 Å². The zero-order chi connectivity index (χ0) is 12.6. The molecular weight excluding hydrogens is 282 g/mol. The molecule has 0 aliphatic carbocycles. The highest BCUT2D eigenvalue weighted by Gasteiger charge is 2.11. The molecule has 17 heavy (non-hydrogen) atoms. The third-order valence-corrected chi connectivity index (χ3v) is 3.75. The predicted molar refractivity (Wildman–Crippen MR) is 70.9 cm³/mol. The Morgan fingerprint density at radius 2 is 1.94 bits per heavy atom. The molecule has 0 saturated carbocycles. The molecular formula is C11H16BrN5. The largest absolute Gasteiger partial charge is 0.377 e. The summed E-state index contributed by atoms with van der Waals surface area (Å²) < 4.78 is 4.76. The van der Waals surface area contributed by atoms with Crippen LogP contribution >= 0.6 is 15.9 Å². The van der Waals surface area contributed by atoms with Crippen molar-refractivity contribution in [3.8, 4) is 0 Å². The van der Waals surface area contributed by atoms with Crippen molar-refractivity contribution in [2.24, 2.45) is 14.1 Å². The van der Waals surface area contributed by atoms with E-state index in [2.05, 4.69) is 31.4 Å². The Labute approximate surface area is 109 Å². The number of aromatic nitrogens is 4. The molecule has 6 heteroatoms. The molecule has 0 fully saturated rings. The highest BCUT2D eigenvalue weighted by atomic mass is 79.9. The molecule has 0 aliphatic heterocycles. The molecule has 2 heterocycles. The standard InChI is InChI=1S/C11H16BrN5/c1-7-9(6-16(3)14-7)13-5-10-11(12)8(2)15-17(10)4/h6,13H,5H2,1-4H3. The summed E-state index contributed by atoms with van der Waals surface area (Å²) in [5.41, 5.74) is 4.19. The van der Waals surface area contributed by atoms with E-state index in [0.717, 1.165) is 33.8 Å². The normalized spacial score (nSPS) is 10.9. The maximum Gasteiger partial charge on any atom is 0.0825 e. The first-order valence-electron chi connectivity index (χ1n) is 5.41. The zero-order valence-electron chi connectivity index (χ0n) is 10.5. The van der Waals surface area contributed by atoms with Crippen LogP contribution in [0, 0.1) is 13.8 Å². The van der Waals surface area contributed by atoms with Gasteiger partial charge < -0.3 is 5.32 Å². The van der Waals surface area contributed by atoms with Crippen molar-refractivity contribution in [2.75, 3.05) is 5.32 Å². The maximum absolute atomic E-state index is 4.36. The van der Waals surface area contributed by atoms with E-state index in [0.29, 0.717) is 0 Å². The van der Waals surface area contributed by atoms with E-state index in [9.17, 15) is 0 Å². The summed E-state index contributed by atoms with van der Waals surface area (Å²) in [7, 11) is 3.87. The van der Waals surface area contributed by atoms with E-state index in [1.54, 1.807) is 4.68 Å². The topological polar surface area (TPSA) is 47.7 Å². The minimum absolute atomic E-state index is 0.727. The molecule has 0 aliphatic rings. The van der Waals surface area contributed by atoms with Gasteiger partial charge in [0.1, 0.15) is 0 Å². The van der Waals surface area contributed by atoms with E-state index in [1.165, 1.54) is 0 Å². The second kappa shape index (κ2) is 4.52. The van der Waals surface area contributed by atoms with Crippen molar-refractivity contribution in [1.82, 2.24) is 19.6 Å². The van der Waals surface area contributed by atoms with Gasteiger partial charge in [0.15, 0.2) is 0 Å². The minimum atomic E-state index is 0.727. The van der Waals surface area contributed by atoms with Crippen LogP contribution in [0.3, 0.4) is 0 Å². The number of hydrogen-bond acceptors (Lipinski definition) is 3. The van der Waals surface area contributed by atoms with Crippen molar-refractivity contribution < 1.29 is 0 Å². The molecule has 0 amide bonds. The first kappa shape index (κ1) is 12.2. The number of aryl methyl sites for hydroxylation is 4. The average Bonchev–Trinajstić information content (AvgIpc) is 2.67. The summed E-state index contributed by atoms with van der Waals surface area (Å²) >= 11 is 3.55. The molecule has 0 bridgehead atoms. The number of halogens is 1. The quantitative estimate of drug-likeness (QED) is 0.944. The first-order valence-corrected chi connectivity index (χ1v) is 6.20. The third-order valence-electron chi connectivity index (χ3n) is 2.72. The Bertz CT molecular complexity index is 540. The fourth-order valence-corrected chi connectivity index (χ4v) is 2.30. The Hall–Kier alpha value is -1.30. The van der Waals surface area contributed by atoms with Gasteiger partial charge in [-0.2, -0.15) is 10.2 Å². The lowest BCUT2D eigenvalue weighted by Gasteiger charge is -2.05. The number of hydrogen-bond donors (Lipinski definition) is 1. The van der Waals surface area contributed by atoms with Gasteiger partial charge in [0, 0.05) is 20.3 Å². The van der Waals surface area contributed by atoms with Crippen LogP contribution in [-0.2, 0) is 20.6 Å². The first-order chi connectivity index (χ1) is 7.99. The zero-order valence-corrected chi connectivity index (χ0v) is 12.0. The van der Waals surface area contributed by atoms with Gasteiger partial charge in [0.05, 0.1) is 33.8 Å². The smallest absolute Gasteiger partial charge is 0.0825 e. The maximum atomic E-state index is 4.36. The van der Waals surface area contributed by atoms with Gasteiger partial charge in [-0.1, -0.05) is 0 Å². The molecule has 0 atom stereocenters. The van der Waals surface area contributed by atoms with Gasteiger partial charge in [-0.3, -0.25) is 9.36 Å². The molecule has 2 aromatic rings. The van der Waals surface area contributed by atoms with Crippen LogP contribution in [0.2, 0.25) is 0 Å². The van der Waals surface area contributed by atoms with Crippen LogP contribution in [0.25, 0.3) is 0 Å². The van der Waals surface area contributed by atoms with Crippen LogP contribution < -0.4 is 5.32 Å². The van der Waals surface area contributed by atoms with Crippen LogP contribution in [0.1, 0.15) is 17.1 Å². The average molecular weight is 298 g/mol. The second-order valence-electron chi connectivity index (χ2n) is 4.13. The third kappa shape index (κ3) is 2.36. The van der Waals surface area contributed by atoms with Gasteiger partial charge in [-0.15, -0.1) is 0 Å². The molecule has 0 aromatic carbocycles. The van der Waals surface area contributed by atoms with Gasteiger partial charge >= 0.3 is 0 Å². The fraction of sp³-hybridized carbons (Fsp3) is 0.455. The summed E-state index contributed by atoms with van der Waals surface area (Å²) in [5.74, 6) is 0. The van der Waals surface area contributed by atoms with Gasteiger partial charge in [-0.25, -0.2) is 0 Å². The summed E-state index contributed by atoms with van der Waals surface area (Å²) in [6, 6.07) is 0. The molecule has 92 valence electrons. The van der Waals surface area contributed by atoms with E-state index in [4.69, 9.17) is 0 Å². The minimum Gasteiger partial charge on any atom is -0.377 e. The highest BCUT2D eigenvalue weighted by molar-refractivity contribution is 9.10. The van der Waals surface area contributed by atoms with E-state index >= 15 is 0 Å². The second-order valence-corrected chi connectivity index (χ2v) is 4.92. The lowest BCUT2D eigenvalue weighted by Crippen LogP contribution is -2.06. The number of rotatable bonds is 3. The van der Waals surface area contributed by atoms with Crippen LogP contribution in [0.5, 0.6) is 0 Å². The summed E-state index contributed by atoms with van der Waals surface area (Å²) in [6.07, 6.45) is 1.98. The monoisotopic (exact) mass is 297 g/mol. The summed E-state index contributed by atoms with van der Waals surface area (Å²) in [4.78, 5) is 0. The summed E-state index contributed by atoms with van der Waals surface area (Å²) in [5, 5.41) is 12.0.